The number of benzene rings is 2. The number of carbonyl (C=O) groups is 2. The Morgan fingerprint density at radius 3 is 2.50 bits per heavy atom. The lowest BCUT2D eigenvalue weighted by atomic mass is 9.86. The molecule has 5 nitrogen and oxygen atoms in total. The molecular weight excluding hydrogens is 304 g/mol. The highest BCUT2D eigenvalue weighted by atomic mass is 16.4. The topological polar surface area (TPSA) is 69.6 Å². The van der Waals surface area contributed by atoms with Gasteiger partial charge in [-0.2, -0.15) is 0 Å². The van der Waals surface area contributed by atoms with E-state index in [-0.39, 0.29) is 12.1 Å². The molecule has 0 bridgehead atoms. The number of urea groups is 1. The number of rotatable bonds is 3. The van der Waals surface area contributed by atoms with E-state index in [1.807, 2.05) is 55.5 Å². The lowest BCUT2D eigenvalue weighted by Gasteiger charge is -2.37. The zero-order valence-electron chi connectivity index (χ0n) is 13.5. The molecular formula is C19H20N2O3. The van der Waals surface area contributed by atoms with Crippen molar-refractivity contribution < 1.29 is 14.7 Å². The molecule has 0 radical (unpaired) electrons. The summed E-state index contributed by atoms with van der Waals surface area (Å²) in [5.41, 5.74) is 2.39. The monoisotopic (exact) mass is 324 g/mol. The van der Waals surface area contributed by atoms with Crippen LogP contribution in [0.4, 0.5) is 10.5 Å². The lowest BCUT2D eigenvalue weighted by Crippen LogP contribution is -2.48. The smallest absolute Gasteiger partial charge is 0.322 e. The summed E-state index contributed by atoms with van der Waals surface area (Å²) < 4.78 is 0. The number of carbonyl (C=O) groups excluding carboxylic acids is 1. The molecule has 0 fully saturated rings. The highest BCUT2D eigenvalue weighted by molar-refractivity contribution is 5.96. The van der Waals surface area contributed by atoms with Crippen molar-refractivity contribution in [1.29, 1.82) is 0 Å². The summed E-state index contributed by atoms with van der Waals surface area (Å²) in [4.78, 5) is 25.9. The minimum Gasteiger partial charge on any atom is -0.481 e. The third-order valence-electron chi connectivity index (χ3n) is 4.39. The number of amides is 2. The van der Waals surface area contributed by atoms with Crippen LogP contribution in [0.2, 0.25) is 0 Å². The van der Waals surface area contributed by atoms with Gasteiger partial charge in [0.2, 0.25) is 0 Å². The fraction of sp³-hybridized carbons (Fsp3) is 0.263. The van der Waals surface area contributed by atoms with Crippen LogP contribution in [0.5, 0.6) is 0 Å². The third kappa shape index (κ3) is 3.11. The van der Waals surface area contributed by atoms with Crippen molar-refractivity contribution in [2.45, 2.75) is 31.8 Å². The molecule has 2 aromatic carbocycles. The second-order valence-corrected chi connectivity index (χ2v) is 6.05. The van der Waals surface area contributed by atoms with E-state index in [1.165, 1.54) is 0 Å². The van der Waals surface area contributed by atoms with Crippen LogP contribution >= 0.6 is 0 Å². The summed E-state index contributed by atoms with van der Waals surface area (Å²) in [6.45, 7) is 2.32. The van der Waals surface area contributed by atoms with Gasteiger partial charge in [0.25, 0.3) is 0 Å². The van der Waals surface area contributed by atoms with E-state index in [1.54, 1.807) is 11.0 Å². The van der Waals surface area contributed by atoms with E-state index in [4.69, 9.17) is 0 Å². The molecule has 2 atom stereocenters. The van der Waals surface area contributed by atoms with Crippen LogP contribution in [0.25, 0.3) is 0 Å². The van der Waals surface area contributed by atoms with E-state index in [0.717, 1.165) is 5.56 Å². The normalized spacial score (nSPS) is 19.5. The molecule has 1 aliphatic heterocycles. The Balaban J connectivity index is 1.82. The average Bonchev–Trinajstić information content (AvgIpc) is 2.59. The highest BCUT2D eigenvalue weighted by Crippen LogP contribution is 2.38. The summed E-state index contributed by atoms with van der Waals surface area (Å²) in [5, 5.41) is 12.4. The summed E-state index contributed by atoms with van der Waals surface area (Å²) in [7, 11) is 0. The van der Waals surface area contributed by atoms with Crippen molar-refractivity contribution in [2.24, 2.45) is 0 Å². The second kappa shape index (κ2) is 6.74. The lowest BCUT2D eigenvalue weighted by molar-refractivity contribution is -0.139. The van der Waals surface area contributed by atoms with Crippen molar-refractivity contribution in [3.05, 3.63) is 65.7 Å². The fourth-order valence-electron chi connectivity index (χ4n) is 3.21. The molecule has 24 heavy (non-hydrogen) atoms. The average molecular weight is 324 g/mol. The predicted molar refractivity (Wildman–Crippen MR) is 92.1 cm³/mol. The Bertz CT molecular complexity index is 745. The number of para-hydroxylation sites is 1. The minimum absolute atomic E-state index is 0.184. The first-order valence-electron chi connectivity index (χ1n) is 8.00. The van der Waals surface area contributed by atoms with E-state index in [2.05, 4.69) is 5.32 Å². The number of nitrogens with one attached hydrogen (secondary N) is 1. The number of hydrogen-bond acceptors (Lipinski definition) is 2. The Hall–Kier alpha value is -2.82. The van der Waals surface area contributed by atoms with Gasteiger partial charge in [0.05, 0.1) is 5.92 Å². The standard InChI is InChI=1S/C19H20N2O3/c1-13-11-16(18(22)23)15-9-5-6-10-17(15)21(13)19(24)20-12-14-7-3-2-4-8-14/h2-10,13,16H,11-12H2,1H3,(H,20,24)(H,22,23). The molecule has 2 aromatic rings. The first-order valence-corrected chi connectivity index (χ1v) is 8.00. The zero-order chi connectivity index (χ0) is 17.1. The molecule has 2 N–H and O–H groups in total. The summed E-state index contributed by atoms with van der Waals surface area (Å²) in [6, 6.07) is 16.5. The Kier molecular flexibility index (Phi) is 4.51. The van der Waals surface area contributed by atoms with Crippen molar-refractivity contribution in [2.75, 3.05) is 4.90 Å². The van der Waals surface area contributed by atoms with Crippen LogP contribution in [-0.2, 0) is 11.3 Å². The molecule has 0 aromatic heterocycles. The van der Waals surface area contributed by atoms with Crippen LogP contribution in [0.1, 0.15) is 30.4 Å². The van der Waals surface area contributed by atoms with E-state index in [9.17, 15) is 14.7 Å². The molecule has 1 aliphatic rings. The van der Waals surface area contributed by atoms with Gasteiger partial charge in [0, 0.05) is 18.3 Å². The number of carboxylic acids is 1. The zero-order valence-corrected chi connectivity index (χ0v) is 13.5. The SMILES string of the molecule is CC1CC(C(=O)O)c2ccccc2N1C(=O)NCc1ccccc1. The van der Waals surface area contributed by atoms with Crippen molar-refractivity contribution in [3.8, 4) is 0 Å². The summed E-state index contributed by atoms with van der Waals surface area (Å²) in [5.74, 6) is -1.42. The highest BCUT2D eigenvalue weighted by Gasteiger charge is 2.36. The maximum Gasteiger partial charge on any atom is 0.322 e. The van der Waals surface area contributed by atoms with Gasteiger partial charge in [-0.3, -0.25) is 9.69 Å². The number of carboxylic acid groups (broad SMARTS) is 1. The second-order valence-electron chi connectivity index (χ2n) is 6.05. The van der Waals surface area contributed by atoms with Gasteiger partial charge in [-0.25, -0.2) is 4.79 Å². The third-order valence-corrected chi connectivity index (χ3v) is 4.39. The van der Waals surface area contributed by atoms with Gasteiger partial charge >= 0.3 is 12.0 Å². The fourth-order valence-corrected chi connectivity index (χ4v) is 3.21. The first-order chi connectivity index (χ1) is 11.6. The Labute approximate surface area is 140 Å². The van der Waals surface area contributed by atoms with Crippen LogP contribution in [-0.4, -0.2) is 23.1 Å². The predicted octanol–water partition coefficient (Wildman–Crippen LogP) is 3.36. The van der Waals surface area contributed by atoms with Crippen molar-refractivity contribution in [1.82, 2.24) is 5.32 Å². The van der Waals surface area contributed by atoms with Gasteiger partial charge in [-0.1, -0.05) is 48.5 Å². The molecule has 2 unspecified atom stereocenters. The molecule has 0 saturated heterocycles. The van der Waals surface area contributed by atoms with Crippen LogP contribution < -0.4 is 10.2 Å². The number of anilines is 1. The molecule has 0 spiro atoms. The number of nitrogens with zero attached hydrogens (tertiary/aromatic N) is 1. The van der Waals surface area contributed by atoms with Crippen molar-refractivity contribution >= 4 is 17.7 Å². The van der Waals surface area contributed by atoms with Crippen LogP contribution in [0.15, 0.2) is 54.6 Å². The van der Waals surface area contributed by atoms with E-state index in [0.29, 0.717) is 24.2 Å². The Morgan fingerprint density at radius 1 is 1.12 bits per heavy atom. The van der Waals surface area contributed by atoms with Crippen LogP contribution in [0.3, 0.4) is 0 Å². The van der Waals surface area contributed by atoms with Gasteiger partial charge < -0.3 is 10.4 Å². The molecule has 1 heterocycles. The Morgan fingerprint density at radius 2 is 1.79 bits per heavy atom. The largest absolute Gasteiger partial charge is 0.481 e. The van der Waals surface area contributed by atoms with Gasteiger partial charge in [0.1, 0.15) is 0 Å². The quantitative estimate of drug-likeness (QED) is 0.909. The molecule has 0 saturated carbocycles. The van der Waals surface area contributed by atoms with Crippen molar-refractivity contribution in [3.63, 3.8) is 0 Å². The number of aliphatic carboxylic acids is 1. The molecule has 3 rings (SSSR count). The van der Waals surface area contributed by atoms with E-state index >= 15 is 0 Å². The summed E-state index contributed by atoms with van der Waals surface area (Å²) in [6.07, 6.45) is 0.408. The van der Waals surface area contributed by atoms with Gasteiger partial charge in [-0.05, 0) is 30.5 Å². The van der Waals surface area contributed by atoms with Gasteiger partial charge in [-0.15, -0.1) is 0 Å². The molecule has 5 heteroatoms. The van der Waals surface area contributed by atoms with Gasteiger partial charge in [0.15, 0.2) is 0 Å². The first kappa shape index (κ1) is 16.1. The number of fused-ring (bicyclic) bond motifs is 1. The van der Waals surface area contributed by atoms with Crippen LogP contribution in [0, 0.1) is 0 Å². The minimum atomic E-state index is -0.848. The molecule has 2 amide bonds. The maximum atomic E-state index is 12.7. The number of hydrogen-bond donors (Lipinski definition) is 2. The molecule has 124 valence electrons. The summed E-state index contributed by atoms with van der Waals surface area (Å²) >= 11 is 0. The maximum absolute atomic E-state index is 12.7. The van der Waals surface area contributed by atoms with E-state index < -0.39 is 11.9 Å². The molecule has 0 aliphatic carbocycles.